The first-order chi connectivity index (χ1) is 7.45. The molecule has 0 unspecified atom stereocenters. The van der Waals surface area contributed by atoms with Crippen molar-refractivity contribution in [3.05, 3.63) is 36.4 Å². The molecule has 7 heteroatoms. The fourth-order valence-electron chi connectivity index (χ4n) is 0.920. The number of aliphatic imine (C=N–C) groups is 1. The number of halogens is 3. The summed E-state index contributed by atoms with van der Waals surface area (Å²) in [5, 5.41) is 0. The lowest BCUT2D eigenvalue weighted by Gasteiger charge is -2.09. The molecular formula is C9H9F3N4. The van der Waals surface area contributed by atoms with Gasteiger partial charge in [-0.15, -0.1) is 0 Å². The SMILES string of the molecule is N/C=C(/N)C(=Nc1cccnc1)C(F)(F)F. The molecular weight excluding hydrogens is 221 g/mol. The van der Waals surface area contributed by atoms with Crippen molar-refractivity contribution in [2.24, 2.45) is 16.5 Å². The Morgan fingerprint density at radius 2 is 2.12 bits per heavy atom. The number of hydrogen-bond acceptors (Lipinski definition) is 4. The fraction of sp³-hybridized carbons (Fsp3) is 0.111. The standard InChI is InChI=1S/C9H9F3N4/c10-9(11,12)8(7(14)4-13)16-6-2-1-3-15-5-6/h1-5H,13-14H2/b7-4+,16-8?. The summed E-state index contributed by atoms with van der Waals surface area (Å²) < 4.78 is 37.5. The summed E-state index contributed by atoms with van der Waals surface area (Å²) in [4.78, 5) is 7.00. The zero-order valence-electron chi connectivity index (χ0n) is 8.07. The average Bonchev–Trinajstić information content (AvgIpc) is 2.25. The molecule has 0 bridgehead atoms. The number of rotatable bonds is 2. The van der Waals surface area contributed by atoms with Gasteiger partial charge in [0.1, 0.15) is 0 Å². The van der Waals surface area contributed by atoms with E-state index in [1.807, 2.05) is 0 Å². The first kappa shape index (κ1) is 12.0. The largest absolute Gasteiger partial charge is 0.435 e. The molecule has 4 N–H and O–H groups in total. The highest BCUT2D eigenvalue weighted by Gasteiger charge is 2.37. The summed E-state index contributed by atoms with van der Waals surface area (Å²) in [6.45, 7) is 0. The molecule has 0 spiro atoms. The van der Waals surface area contributed by atoms with Crippen LogP contribution in [-0.2, 0) is 0 Å². The minimum atomic E-state index is -4.66. The van der Waals surface area contributed by atoms with Gasteiger partial charge in [-0.2, -0.15) is 13.2 Å². The van der Waals surface area contributed by atoms with E-state index < -0.39 is 17.6 Å². The molecule has 0 radical (unpaired) electrons. The molecule has 1 aromatic heterocycles. The lowest BCUT2D eigenvalue weighted by Crippen LogP contribution is -2.29. The van der Waals surface area contributed by atoms with Gasteiger partial charge in [0.05, 0.1) is 17.6 Å². The number of nitrogens with zero attached hydrogens (tertiary/aromatic N) is 2. The van der Waals surface area contributed by atoms with Crippen molar-refractivity contribution in [2.75, 3.05) is 0 Å². The summed E-state index contributed by atoms with van der Waals surface area (Å²) in [5.74, 6) is 0. The molecule has 0 aromatic carbocycles. The zero-order chi connectivity index (χ0) is 12.2. The summed E-state index contributed by atoms with van der Waals surface area (Å²) in [6.07, 6.45) is -1.39. The molecule has 0 saturated carbocycles. The van der Waals surface area contributed by atoms with Crippen LogP contribution in [0.4, 0.5) is 18.9 Å². The molecule has 0 aliphatic carbocycles. The molecule has 0 atom stereocenters. The monoisotopic (exact) mass is 230 g/mol. The molecule has 4 nitrogen and oxygen atoms in total. The van der Waals surface area contributed by atoms with Gasteiger partial charge in [-0.25, -0.2) is 4.99 Å². The van der Waals surface area contributed by atoms with Crippen molar-refractivity contribution in [1.29, 1.82) is 0 Å². The molecule has 0 amide bonds. The number of alkyl halides is 3. The predicted octanol–water partition coefficient (Wildman–Crippen LogP) is 1.48. The quantitative estimate of drug-likeness (QED) is 0.755. The molecule has 0 fully saturated rings. The van der Waals surface area contributed by atoms with Crippen LogP contribution in [0.15, 0.2) is 41.4 Å². The van der Waals surface area contributed by atoms with Crippen LogP contribution in [0, 0.1) is 0 Å². The smallest absolute Gasteiger partial charge is 0.403 e. The van der Waals surface area contributed by atoms with Gasteiger partial charge >= 0.3 is 6.18 Å². The highest BCUT2D eigenvalue weighted by atomic mass is 19.4. The first-order valence-corrected chi connectivity index (χ1v) is 4.19. The van der Waals surface area contributed by atoms with Crippen LogP contribution < -0.4 is 11.5 Å². The highest BCUT2D eigenvalue weighted by Crippen LogP contribution is 2.23. The molecule has 0 aliphatic heterocycles. The summed E-state index contributed by atoms with van der Waals surface area (Å²) in [6, 6.07) is 2.84. The van der Waals surface area contributed by atoms with Gasteiger partial charge in [0.15, 0.2) is 5.71 Å². The van der Waals surface area contributed by atoms with Crippen molar-refractivity contribution >= 4 is 11.4 Å². The normalized spacial score (nSPS) is 13.9. The zero-order valence-corrected chi connectivity index (χ0v) is 8.07. The third-order valence-corrected chi connectivity index (χ3v) is 1.61. The molecule has 0 aliphatic rings. The third-order valence-electron chi connectivity index (χ3n) is 1.61. The van der Waals surface area contributed by atoms with E-state index in [1.165, 1.54) is 24.5 Å². The summed E-state index contributed by atoms with van der Waals surface area (Å²) in [7, 11) is 0. The lowest BCUT2D eigenvalue weighted by molar-refractivity contribution is -0.0582. The molecule has 16 heavy (non-hydrogen) atoms. The van der Waals surface area contributed by atoms with E-state index in [1.54, 1.807) is 0 Å². The average molecular weight is 230 g/mol. The fourth-order valence-corrected chi connectivity index (χ4v) is 0.920. The van der Waals surface area contributed by atoms with Crippen molar-refractivity contribution in [1.82, 2.24) is 4.98 Å². The molecule has 0 saturated heterocycles. The number of hydrogen-bond donors (Lipinski definition) is 2. The first-order valence-electron chi connectivity index (χ1n) is 4.19. The number of aromatic nitrogens is 1. The number of allylic oxidation sites excluding steroid dienone is 1. The second kappa shape index (κ2) is 4.65. The van der Waals surface area contributed by atoms with Gasteiger partial charge in [-0.1, -0.05) is 0 Å². The van der Waals surface area contributed by atoms with Gasteiger partial charge in [0.2, 0.25) is 0 Å². The van der Waals surface area contributed by atoms with Crippen LogP contribution in [0.25, 0.3) is 0 Å². The van der Waals surface area contributed by atoms with Gasteiger partial charge in [-0.3, -0.25) is 4.98 Å². The van der Waals surface area contributed by atoms with E-state index in [0.717, 1.165) is 0 Å². The van der Waals surface area contributed by atoms with Crippen LogP contribution >= 0.6 is 0 Å². The number of pyridine rings is 1. The Hall–Kier alpha value is -2.05. The van der Waals surface area contributed by atoms with Crippen LogP contribution in [0.5, 0.6) is 0 Å². The van der Waals surface area contributed by atoms with E-state index in [2.05, 4.69) is 9.98 Å². The van der Waals surface area contributed by atoms with Gasteiger partial charge < -0.3 is 11.5 Å². The Morgan fingerprint density at radius 3 is 2.56 bits per heavy atom. The van der Waals surface area contributed by atoms with Crippen molar-refractivity contribution < 1.29 is 13.2 Å². The maximum atomic E-state index is 12.5. The van der Waals surface area contributed by atoms with Crippen LogP contribution in [-0.4, -0.2) is 16.9 Å². The Kier molecular flexibility index (Phi) is 3.49. The molecule has 86 valence electrons. The minimum absolute atomic E-state index is 0.0552. The Balaban J connectivity index is 3.18. The third kappa shape index (κ3) is 2.97. The highest BCUT2D eigenvalue weighted by molar-refractivity contribution is 6.04. The number of nitrogens with two attached hydrogens (primary N) is 2. The van der Waals surface area contributed by atoms with Crippen LogP contribution in [0.1, 0.15) is 0 Å². The van der Waals surface area contributed by atoms with E-state index in [-0.39, 0.29) is 5.69 Å². The Labute approximate surface area is 89.5 Å². The minimum Gasteiger partial charge on any atom is -0.403 e. The maximum Gasteiger partial charge on any atom is 0.435 e. The van der Waals surface area contributed by atoms with Crippen LogP contribution in [0.2, 0.25) is 0 Å². The van der Waals surface area contributed by atoms with Crippen molar-refractivity contribution in [3.8, 4) is 0 Å². The van der Waals surface area contributed by atoms with Crippen molar-refractivity contribution in [2.45, 2.75) is 6.18 Å². The van der Waals surface area contributed by atoms with E-state index in [4.69, 9.17) is 11.5 Å². The summed E-state index contributed by atoms with van der Waals surface area (Å²) in [5.41, 5.74) is 8.25. The van der Waals surface area contributed by atoms with E-state index in [9.17, 15) is 13.2 Å². The second-order valence-corrected chi connectivity index (χ2v) is 2.79. The Bertz CT molecular complexity index is 409. The van der Waals surface area contributed by atoms with Gasteiger partial charge in [-0.05, 0) is 12.1 Å². The maximum absolute atomic E-state index is 12.5. The molecule has 1 rings (SSSR count). The van der Waals surface area contributed by atoms with E-state index >= 15 is 0 Å². The van der Waals surface area contributed by atoms with Crippen molar-refractivity contribution in [3.63, 3.8) is 0 Å². The van der Waals surface area contributed by atoms with Gasteiger partial charge in [0.25, 0.3) is 0 Å². The predicted molar refractivity (Wildman–Crippen MR) is 53.8 cm³/mol. The summed E-state index contributed by atoms with van der Waals surface area (Å²) >= 11 is 0. The Morgan fingerprint density at radius 1 is 1.44 bits per heavy atom. The lowest BCUT2D eigenvalue weighted by atomic mass is 10.2. The second-order valence-electron chi connectivity index (χ2n) is 2.79. The van der Waals surface area contributed by atoms with Gasteiger partial charge in [0, 0.05) is 12.4 Å². The molecule has 1 aromatic rings. The van der Waals surface area contributed by atoms with E-state index in [0.29, 0.717) is 6.20 Å². The topological polar surface area (TPSA) is 77.3 Å². The van der Waals surface area contributed by atoms with Crippen LogP contribution in [0.3, 0.4) is 0 Å². The molecule has 1 heterocycles.